The monoisotopic (exact) mass is 532 g/mol. The standard InChI is InChI=1S/C42H28/c1-2-7-27(8-3-1)30-13-14-31-19-37-25-40-23-36-21-34(16-15-32(36)20-38(40)24-39(37)22-35(31)18-30)41-12-6-11-33-17-28-9-4-5-10-29(28)26-42(33)41/h1-14,17-26H,15-16H2. The molecular formula is C42H28. The average molecular weight is 533 g/mol. The minimum Gasteiger partial charge on any atom is -0.0622 e. The van der Waals surface area contributed by atoms with E-state index in [0.717, 1.165) is 12.8 Å². The molecule has 0 saturated carbocycles. The first-order valence-corrected chi connectivity index (χ1v) is 14.9. The van der Waals surface area contributed by atoms with Crippen LogP contribution in [0, 0.1) is 0 Å². The Balaban J connectivity index is 1.15. The van der Waals surface area contributed by atoms with Crippen molar-refractivity contribution in [1.82, 2.24) is 0 Å². The molecule has 9 rings (SSSR count). The Morgan fingerprint density at radius 3 is 1.81 bits per heavy atom. The summed E-state index contributed by atoms with van der Waals surface area (Å²) < 4.78 is 0. The van der Waals surface area contributed by atoms with Crippen LogP contribution in [0.15, 0.2) is 140 Å². The lowest BCUT2D eigenvalue weighted by Gasteiger charge is -2.20. The summed E-state index contributed by atoms with van der Waals surface area (Å²) in [6.45, 7) is 0. The maximum absolute atomic E-state index is 2.44. The molecule has 0 saturated heterocycles. The number of hydrogen-bond acceptors (Lipinski definition) is 0. The van der Waals surface area contributed by atoms with Crippen LogP contribution in [0.25, 0.3) is 76.6 Å². The van der Waals surface area contributed by atoms with E-state index >= 15 is 0 Å². The normalized spacial score (nSPS) is 13.2. The largest absolute Gasteiger partial charge is 0.0622 e. The molecule has 0 aromatic heterocycles. The second-order valence-corrected chi connectivity index (χ2v) is 11.8. The quantitative estimate of drug-likeness (QED) is 0.194. The summed E-state index contributed by atoms with van der Waals surface area (Å²) in [5.74, 6) is 0. The third kappa shape index (κ3) is 3.84. The molecule has 0 amide bonds. The van der Waals surface area contributed by atoms with Crippen molar-refractivity contribution >= 4 is 65.5 Å². The van der Waals surface area contributed by atoms with Crippen molar-refractivity contribution in [3.8, 4) is 11.1 Å². The lowest BCUT2D eigenvalue weighted by molar-refractivity contribution is 1.01. The Hall–Kier alpha value is -5.20. The number of fused-ring (bicyclic) bond motifs is 6. The Labute approximate surface area is 245 Å². The van der Waals surface area contributed by atoms with Gasteiger partial charge in [0, 0.05) is 0 Å². The molecule has 0 fully saturated rings. The number of aryl methyl sites for hydroxylation is 1. The minimum absolute atomic E-state index is 1.06. The zero-order valence-electron chi connectivity index (χ0n) is 23.3. The van der Waals surface area contributed by atoms with E-state index in [0.29, 0.717) is 0 Å². The number of rotatable bonds is 2. The molecule has 0 spiro atoms. The van der Waals surface area contributed by atoms with Crippen LogP contribution in [0.3, 0.4) is 0 Å². The van der Waals surface area contributed by atoms with E-state index in [-0.39, 0.29) is 0 Å². The van der Waals surface area contributed by atoms with Crippen molar-refractivity contribution in [1.29, 1.82) is 0 Å². The summed E-state index contributed by atoms with van der Waals surface area (Å²) in [4.78, 5) is 0. The molecule has 0 atom stereocenters. The van der Waals surface area contributed by atoms with Crippen molar-refractivity contribution in [2.45, 2.75) is 12.8 Å². The van der Waals surface area contributed by atoms with E-state index in [4.69, 9.17) is 0 Å². The fourth-order valence-electron chi connectivity index (χ4n) is 7.02. The minimum atomic E-state index is 1.06. The van der Waals surface area contributed by atoms with Gasteiger partial charge in [-0.2, -0.15) is 0 Å². The first-order chi connectivity index (χ1) is 20.7. The SMILES string of the molecule is C1=C(c2cccc3cc4ccccc4cc23)CCc2cc3cc4cc5cc(-c6ccccc6)ccc5cc4cc3cc21. The molecule has 0 radical (unpaired) electrons. The second kappa shape index (κ2) is 9.16. The first-order valence-electron chi connectivity index (χ1n) is 14.9. The molecule has 0 unspecified atom stereocenters. The van der Waals surface area contributed by atoms with Crippen LogP contribution in [0.5, 0.6) is 0 Å². The van der Waals surface area contributed by atoms with E-state index in [9.17, 15) is 0 Å². The molecule has 0 heteroatoms. The van der Waals surface area contributed by atoms with Crippen molar-refractivity contribution in [3.63, 3.8) is 0 Å². The fraction of sp³-hybridized carbons (Fsp3) is 0.0476. The number of allylic oxidation sites excluding steroid dienone is 1. The predicted molar refractivity (Wildman–Crippen MR) is 182 cm³/mol. The summed E-state index contributed by atoms with van der Waals surface area (Å²) in [6.07, 6.45) is 4.57. The van der Waals surface area contributed by atoms with Gasteiger partial charge in [-0.15, -0.1) is 0 Å². The zero-order chi connectivity index (χ0) is 27.6. The van der Waals surface area contributed by atoms with Crippen LogP contribution in [0.1, 0.15) is 23.1 Å². The summed E-state index contributed by atoms with van der Waals surface area (Å²) in [7, 11) is 0. The lowest BCUT2D eigenvalue weighted by Crippen LogP contribution is -2.00. The number of hydrogen-bond donors (Lipinski definition) is 0. The van der Waals surface area contributed by atoms with E-state index in [1.165, 1.54) is 87.3 Å². The Kier molecular flexibility index (Phi) is 5.12. The van der Waals surface area contributed by atoms with Crippen LogP contribution >= 0.6 is 0 Å². The van der Waals surface area contributed by atoms with Crippen LogP contribution in [-0.2, 0) is 6.42 Å². The van der Waals surface area contributed by atoms with E-state index in [1.54, 1.807) is 0 Å². The van der Waals surface area contributed by atoms with Crippen molar-refractivity contribution in [2.75, 3.05) is 0 Å². The molecule has 0 nitrogen and oxygen atoms in total. The molecule has 8 aromatic rings. The van der Waals surface area contributed by atoms with Gasteiger partial charge in [0.25, 0.3) is 0 Å². The van der Waals surface area contributed by atoms with Gasteiger partial charge in [0.2, 0.25) is 0 Å². The predicted octanol–water partition coefficient (Wildman–Crippen LogP) is 11.6. The van der Waals surface area contributed by atoms with Gasteiger partial charge in [-0.1, -0.05) is 97.1 Å². The fourth-order valence-corrected chi connectivity index (χ4v) is 7.02. The molecule has 196 valence electrons. The molecular weight excluding hydrogens is 504 g/mol. The molecule has 0 heterocycles. The van der Waals surface area contributed by atoms with Crippen LogP contribution in [0.2, 0.25) is 0 Å². The van der Waals surface area contributed by atoms with Gasteiger partial charge < -0.3 is 0 Å². The van der Waals surface area contributed by atoms with Crippen molar-refractivity contribution in [2.24, 2.45) is 0 Å². The van der Waals surface area contributed by atoms with Crippen LogP contribution in [0.4, 0.5) is 0 Å². The third-order valence-electron chi connectivity index (χ3n) is 9.20. The summed E-state index contributed by atoms with van der Waals surface area (Å²) in [5, 5.41) is 13.1. The van der Waals surface area contributed by atoms with E-state index in [1.807, 2.05) is 0 Å². The molecule has 0 bridgehead atoms. The highest BCUT2D eigenvalue weighted by Gasteiger charge is 2.16. The highest BCUT2D eigenvalue weighted by atomic mass is 14.2. The van der Waals surface area contributed by atoms with Gasteiger partial charge in [-0.05, 0) is 149 Å². The Morgan fingerprint density at radius 2 is 0.976 bits per heavy atom. The molecule has 8 aromatic carbocycles. The van der Waals surface area contributed by atoms with Gasteiger partial charge in [0.15, 0.2) is 0 Å². The zero-order valence-corrected chi connectivity index (χ0v) is 23.3. The highest BCUT2D eigenvalue weighted by Crippen LogP contribution is 2.38. The Bertz CT molecular complexity index is 2390. The molecule has 0 N–H and O–H groups in total. The third-order valence-corrected chi connectivity index (χ3v) is 9.20. The Morgan fingerprint density at radius 1 is 0.357 bits per heavy atom. The van der Waals surface area contributed by atoms with Gasteiger partial charge in [-0.3, -0.25) is 0 Å². The maximum Gasteiger partial charge on any atom is -0.0102 e. The number of benzene rings is 8. The summed E-state index contributed by atoms with van der Waals surface area (Å²) in [5.41, 5.74) is 8.12. The summed E-state index contributed by atoms with van der Waals surface area (Å²) >= 11 is 0. The lowest BCUT2D eigenvalue weighted by atomic mass is 9.85. The molecule has 0 aliphatic heterocycles. The van der Waals surface area contributed by atoms with Crippen molar-refractivity contribution in [3.05, 3.63) is 156 Å². The molecule has 1 aliphatic carbocycles. The highest BCUT2D eigenvalue weighted by molar-refractivity contribution is 6.08. The van der Waals surface area contributed by atoms with Gasteiger partial charge in [-0.25, -0.2) is 0 Å². The van der Waals surface area contributed by atoms with Gasteiger partial charge in [0.1, 0.15) is 0 Å². The van der Waals surface area contributed by atoms with E-state index in [2.05, 4.69) is 146 Å². The smallest absolute Gasteiger partial charge is 0.0102 e. The van der Waals surface area contributed by atoms with Crippen LogP contribution < -0.4 is 0 Å². The maximum atomic E-state index is 2.44. The molecule has 42 heavy (non-hydrogen) atoms. The summed E-state index contributed by atoms with van der Waals surface area (Å²) in [6, 6.07) is 51.9. The van der Waals surface area contributed by atoms with Gasteiger partial charge in [0.05, 0.1) is 0 Å². The first kappa shape index (κ1) is 23.5. The van der Waals surface area contributed by atoms with Crippen molar-refractivity contribution < 1.29 is 0 Å². The topological polar surface area (TPSA) is 0 Å². The van der Waals surface area contributed by atoms with Crippen LogP contribution in [-0.4, -0.2) is 0 Å². The average Bonchev–Trinajstić information content (AvgIpc) is 3.04. The van der Waals surface area contributed by atoms with E-state index < -0.39 is 0 Å². The second-order valence-electron chi connectivity index (χ2n) is 11.8. The van der Waals surface area contributed by atoms with Gasteiger partial charge >= 0.3 is 0 Å². The molecule has 1 aliphatic rings.